The fraction of sp³-hybridized carbons (Fsp3) is 0. The maximum Gasteiger partial charge on any atom is 0.198 e. The van der Waals surface area contributed by atoms with Gasteiger partial charge in [-0.3, -0.25) is 9.78 Å². The van der Waals surface area contributed by atoms with Gasteiger partial charge in [0.15, 0.2) is 5.78 Å². The highest BCUT2D eigenvalue weighted by atomic mass is 19.1. The number of rotatable bonds is 2. The molecule has 0 N–H and O–H groups in total. The predicted molar refractivity (Wildman–Crippen MR) is 63.8 cm³/mol. The SMILES string of the molecule is O=C(c1cncc(F)c1)c1coc2ccccc12. The molecule has 18 heavy (non-hydrogen) atoms. The molecule has 0 saturated carbocycles. The van der Waals surface area contributed by atoms with E-state index in [0.717, 1.165) is 12.3 Å². The molecular formula is C14H8FNO2. The second-order valence-corrected chi connectivity index (χ2v) is 3.87. The number of halogens is 1. The van der Waals surface area contributed by atoms with Gasteiger partial charge >= 0.3 is 0 Å². The van der Waals surface area contributed by atoms with Gasteiger partial charge in [0, 0.05) is 17.1 Å². The summed E-state index contributed by atoms with van der Waals surface area (Å²) in [6.45, 7) is 0. The van der Waals surface area contributed by atoms with Crippen LogP contribution in [0.3, 0.4) is 0 Å². The summed E-state index contributed by atoms with van der Waals surface area (Å²) < 4.78 is 18.3. The number of furan rings is 1. The minimum Gasteiger partial charge on any atom is -0.464 e. The molecule has 0 fully saturated rings. The molecule has 0 amide bonds. The van der Waals surface area contributed by atoms with Gasteiger partial charge in [-0.15, -0.1) is 0 Å². The highest BCUT2D eigenvalue weighted by Gasteiger charge is 2.16. The molecule has 88 valence electrons. The van der Waals surface area contributed by atoms with E-state index >= 15 is 0 Å². The standard InChI is InChI=1S/C14H8FNO2/c15-10-5-9(6-16-7-10)14(17)12-8-18-13-4-2-1-3-11(12)13/h1-8H. The van der Waals surface area contributed by atoms with Crippen molar-refractivity contribution >= 4 is 16.8 Å². The second-order valence-electron chi connectivity index (χ2n) is 3.87. The molecule has 0 unspecified atom stereocenters. The third-order valence-corrected chi connectivity index (χ3v) is 2.69. The molecule has 0 aliphatic rings. The van der Waals surface area contributed by atoms with Gasteiger partial charge < -0.3 is 4.42 Å². The maximum absolute atomic E-state index is 13.0. The van der Waals surface area contributed by atoms with E-state index in [9.17, 15) is 9.18 Å². The molecule has 1 aromatic carbocycles. The average Bonchev–Trinajstić information content (AvgIpc) is 2.82. The normalized spacial score (nSPS) is 10.7. The Morgan fingerprint density at radius 2 is 2.06 bits per heavy atom. The van der Waals surface area contributed by atoms with Crippen LogP contribution in [-0.4, -0.2) is 10.8 Å². The molecule has 3 aromatic rings. The van der Waals surface area contributed by atoms with E-state index < -0.39 is 5.82 Å². The lowest BCUT2D eigenvalue weighted by molar-refractivity contribution is 0.103. The number of aromatic nitrogens is 1. The predicted octanol–water partition coefficient (Wildman–Crippen LogP) is 3.20. The molecule has 0 bridgehead atoms. The minimum atomic E-state index is -0.534. The lowest BCUT2D eigenvalue weighted by Gasteiger charge is -1.98. The molecule has 0 atom stereocenters. The van der Waals surface area contributed by atoms with Crippen molar-refractivity contribution in [2.75, 3.05) is 0 Å². The summed E-state index contributed by atoms with van der Waals surface area (Å²) in [4.78, 5) is 15.9. The Bertz CT molecular complexity index is 733. The lowest BCUT2D eigenvalue weighted by atomic mass is 10.0. The van der Waals surface area contributed by atoms with E-state index in [1.807, 2.05) is 12.1 Å². The quantitative estimate of drug-likeness (QED) is 0.647. The first-order valence-electron chi connectivity index (χ1n) is 5.37. The number of nitrogens with zero attached hydrogens (tertiary/aromatic N) is 1. The molecule has 3 rings (SSSR count). The van der Waals surface area contributed by atoms with Crippen molar-refractivity contribution in [1.82, 2.24) is 4.98 Å². The highest BCUT2D eigenvalue weighted by molar-refractivity contribution is 6.15. The van der Waals surface area contributed by atoms with Crippen LogP contribution in [0.15, 0.2) is 53.4 Å². The summed E-state index contributed by atoms with van der Waals surface area (Å²) in [5.41, 5.74) is 1.25. The van der Waals surface area contributed by atoms with Gasteiger partial charge in [0.05, 0.1) is 11.8 Å². The first kappa shape index (κ1) is 10.7. The lowest BCUT2D eigenvalue weighted by Crippen LogP contribution is -2.01. The Hall–Kier alpha value is -2.49. The van der Waals surface area contributed by atoms with Gasteiger partial charge in [-0.05, 0) is 12.1 Å². The van der Waals surface area contributed by atoms with E-state index in [1.165, 1.54) is 12.5 Å². The van der Waals surface area contributed by atoms with Crippen LogP contribution >= 0.6 is 0 Å². The van der Waals surface area contributed by atoms with Gasteiger partial charge in [-0.25, -0.2) is 4.39 Å². The van der Waals surface area contributed by atoms with E-state index in [2.05, 4.69) is 4.98 Å². The van der Waals surface area contributed by atoms with Crippen LogP contribution in [0.4, 0.5) is 4.39 Å². The molecule has 0 spiro atoms. The summed E-state index contributed by atoms with van der Waals surface area (Å²) in [5, 5.41) is 0.715. The molecular weight excluding hydrogens is 233 g/mol. The Labute approximate surface area is 102 Å². The fourth-order valence-electron chi connectivity index (χ4n) is 1.85. The molecule has 0 radical (unpaired) electrons. The number of para-hydroxylation sites is 1. The molecule has 0 aliphatic heterocycles. The summed E-state index contributed by atoms with van der Waals surface area (Å²) in [6.07, 6.45) is 3.79. The fourth-order valence-corrected chi connectivity index (χ4v) is 1.85. The van der Waals surface area contributed by atoms with Crippen LogP contribution < -0.4 is 0 Å². The Morgan fingerprint density at radius 3 is 2.89 bits per heavy atom. The van der Waals surface area contributed by atoms with Gasteiger partial charge in [0.2, 0.25) is 0 Å². The number of carbonyl (C=O) groups is 1. The van der Waals surface area contributed by atoms with E-state index in [-0.39, 0.29) is 11.3 Å². The van der Waals surface area contributed by atoms with Crippen molar-refractivity contribution in [3.05, 3.63) is 65.9 Å². The van der Waals surface area contributed by atoms with Crippen LogP contribution in [0, 0.1) is 5.82 Å². The Balaban J connectivity index is 2.12. The molecule has 2 heterocycles. The van der Waals surface area contributed by atoms with Crippen molar-refractivity contribution in [2.45, 2.75) is 0 Å². The summed E-state index contributed by atoms with van der Waals surface area (Å²) in [5.74, 6) is -0.833. The Kier molecular flexibility index (Phi) is 2.41. The van der Waals surface area contributed by atoms with Crippen LogP contribution in [-0.2, 0) is 0 Å². The maximum atomic E-state index is 13.0. The van der Waals surface area contributed by atoms with Crippen molar-refractivity contribution < 1.29 is 13.6 Å². The van der Waals surface area contributed by atoms with Gasteiger partial charge in [0.1, 0.15) is 17.7 Å². The molecule has 3 nitrogen and oxygen atoms in total. The van der Waals surface area contributed by atoms with E-state index in [4.69, 9.17) is 4.42 Å². The third-order valence-electron chi connectivity index (χ3n) is 2.69. The van der Waals surface area contributed by atoms with E-state index in [1.54, 1.807) is 12.1 Å². The van der Waals surface area contributed by atoms with Gasteiger partial charge in [-0.2, -0.15) is 0 Å². The van der Waals surface area contributed by atoms with Gasteiger partial charge in [0.25, 0.3) is 0 Å². The van der Waals surface area contributed by atoms with Crippen molar-refractivity contribution in [3.63, 3.8) is 0 Å². The van der Waals surface area contributed by atoms with Gasteiger partial charge in [-0.1, -0.05) is 18.2 Å². The summed E-state index contributed by atoms with van der Waals surface area (Å²) in [6, 6.07) is 8.37. The number of fused-ring (bicyclic) bond motifs is 1. The first-order chi connectivity index (χ1) is 8.75. The number of carbonyl (C=O) groups excluding carboxylic acids is 1. The van der Waals surface area contributed by atoms with Crippen LogP contribution in [0.1, 0.15) is 15.9 Å². The summed E-state index contributed by atoms with van der Waals surface area (Å²) in [7, 11) is 0. The smallest absolute Gasteiger partial charge is 0.198 e. The number of ketones is 1. The number of hydrogen-bond donors (Lipinski definition) is 0. The zero-order chi connectivity index (χ0) is 12.5. The molecule has 4 heteroatoms. The average molecular weight is 241 g/mol. The van der Waals surface area contributed by atoms with Crippen LogP contribution in [0.2, 0.25) is 0 Å². The summed E-state index contributed by atoms with van der Waals surface area (Å²) >= 11 is 0. The minimum absolute atomic E-state index is 0.210. The topological polar surface area (TPSA) is 43.1 Å². The first-order valence-corrected chi connectivity index (χ1v) is 5.37. The molecule has 2 aromatic heterocycles. The third kappa shape index (κ3) is 1.68. The van der Waals surface area contributed by atoms with Crippen LogP contribution in [0.5, 0.6) is 0 Å². The molecule has 0 aliphatic carbocycles. The highest BCUT2D eigenvalue weighted by Crippen LogP contribution is 2.23. The van der Waals surface area contributed by atoms with E-state index in [0.29, 0.717) is 16.5 Å². The largest absolute Gasteiger partial charge is 0.464 e. The van der Waals surface area contributed by atoms with Crippen LogP contribution in [0.25, 0.3) is 11.0 Å². The zero-order valence-corrected chi connectivity index (χ0v) is 9.26. The zero-order valence-electron chi connectivity index (χ0n) is 9.26. The number of hydrogen-bond acceptors (Lipinski definition) is 3. The monoisotopic (exact) mass is 241 g/mol. The van der Waals surface area contributed by atoms with Crippen molar-refractivity contribution in [2.24, 2.45) is 0 Å². The van der Waals surface area contributed by atoms with Crippen molar-refractivity contribution in [3.8, 4) is 0 Å². The second kappa shape index (κ2) is 4.07. The number of benzene rings is 1. The number of pyridine rings is 1. The Morgan fingerprint density at radius 1 is 1.22 bits per heavy atom. The van der Waals surface area contributed by atoms with Crippen molar-refractivity contribution in [1.29, 1.82) is 0 Å². The molecule has 0 saturated heterocycles.